The van der Waals surface area contributed by atoms with E-state index in [1.165, 1.54) is 6.20 Å². The lowest BCUT2D eigenvalue weighted by Gasteiger charge is -2.31. The van der Waals surface area contributed by atoms with Crippen LogP contribution in [-0.2, 0) is 16.6 Å². The Kier molecular flexibility index (Phi) is 5.74. The summed E-state index contributed by atoms with van der Waals surface area (Å²) in [5.74, 6) is 0. The van der Waals surface area contributed by atoms with Crippen LogP contribution in [0.1, 0.15) is 13.3 Å². The van der Waals surface area contributed by atoms with E-state index in [-0.39, 0.29) is 0 Å². The van der Waals surface area contributed by atoms with Crippen LogP contribution in [0.5, 0.6) is 0 Å². The quantitative estimate of drug-likeness (QED) is 0.707. The number of likely N-dealkylation sites (N-methyl/N-ethyl adjacent to an activating group) is 1. The summed E-state index contributed by atoms with van der Waals surface area (Å²) in [5, 5.41) is 7.40. The molecule has 0 aromatic carbocycles. The SMILES string of the molecule is CCNCCCn1cc(S(=O)(=O)N2CCN(C)CC2)cn1. The van der Waals surface area contributed by atoms with Crippen molar-refractivity contribution in [1.82, 2.24) is 24.3 Å². The van der Waals surface area contributed by atoms with Crippen molar-refractivity contribution >= 4 is 10.0 Å². The van der Waals surface area contributed by atoms with Crippen molar-refractivity contribution in [3.8, 4) is 0 Å². The average Bonchev–Trinajstić information content (AvgIpc) is 2.94. The molecule has 0 radical (unpaired) electrons. The molecular weight excluding hydrogens is 290 g/mol. The molecule has 1 N–H and O–H groups in total. The molecule has 21 heavy (non-hydrogen) atoms. The van der Waals surface area contributed by atoms with Crippen LogP contribution in [0.3, 0.4) is 0 Å². The summed E-state index contributed by atoms with van der Waals surface area (Å²) in [6.07, 6.45) is 4.03. The number of piperazine rings is 1. The highest BCUT2D eigenvalue weighted by Gasteiger charge is 2.28. The number of aryl methyl sites for hydroxylation is 1. The van der Waals surface area contributed by atoms with Crippen LogP contribution in [0.15, 0.2) is 17.3 Å². The van der Waals surface area contributed by atoms with Gasteiger partial charge < -0.3 is 10.2 Å². The second-order valence-electron chi connectivity index (χ2n) is 5.35. The summed E-state index contributed by atoms with van der Waals surface area (Å²) in [4.78, 5) is 2.44. The van der Waals surface area contributed by atoms with E-state index in [0.717, 1.165) is 39.1 Å². The van der Waals surface area contributed by atoms with Gasteiger partial charge in [0.2, 0.25) is 10.0 Å². The molecule has 2 rings (SSSR count). The first-order valence-electron chi connectivity index (χ1n) is 7.46. The summed E-state index contributed by atoms with van der Waals surface area (Å²) in [6, 6.07) is 0. The van der Waals surface area contributed by atoms with Crippen molar-refractivity contribution < 1.29 is 8.42 Å². The van der Waals surface area contributed by atoms with Crippen molar-refractivity contribution in [2.24, 2.45) is 0 Å². The first-order valence-corrected chi connectivity index (χ1v) is 8.90. The molecule has 0 spiro atoms. The minimum Gasteiger partial charge on any atom is -0.317 e. The van der Waals surface area contributed by atoms with Gasteiger partial charge in [-0.1, -0.05) is 6.92 Å². The highest BCUT2D eigenvalue weighted by atomic mass is 32.2. The molecule has 8 heteroatoms. The average molecular weight is 315 g/mol. The number of nitrogens with one attached hydrogen (secondary N) is 1. The van der Waals surface area contributed by atoms with Crippen molar-refractivity contribution in [2.45, 2.75) is 24.8 Å². The van der Waals surface area contributed by atoms with Gasteiger partial charge in [-0.3, -0.25) is 4.68 Å². The monoisotopic (exact) mass is 315 g/mol. The Labute approximate surface area is 127 Å². The summed E-state index contributed by atoms with van der Waals surface area (Å²) in [7, 11) is -1.39. The summed E-state index contributed by atoms with van der Waals surface area (Å²) in [6.45, 7) is 7.29. The van der Waals surface area contributed by atoms with Gasteiger partial charge in [0.05, 0.1) is 6.20 Å². The Balaban J connectivity index is 1.96. The lowest BCUT2D eigenvalue weighted by atomic mass is 10.4. The molecule has 1 aromatic rings. The topological polar surface area (TPSA) is 70.5 Å². The standard InChI is InChI=1S/C13H25N5O2S/c1-3-14-5-4-6-17-12-13(11-15-17)21(19,20)18-9-7-16(2)8-10-18/h11-12,14H,3-10H2,1-2H3. The lowest BCUT2D eigenvalue weighted by Crippen LogP contribution is -2.46. The molecule has 0 amide bonds. The van der Waals surface area contributed by atoms with Crippen molar-refractivity contribution in [3.63, 3.8) is 0 Å². The molecule has 1 aromatic heterocycles. The van der Waals surface area contributed by atoms with E-state index in [9.17, 15) is 8.42 Å². The van der Waals surface area contributed by atoms with Crippen LogP contribution in [-0.4, -0.2) is 73.7 Å². The van der Waals surface area contributed by atoms with Gasteiger partial charge in [0, 0.05) is 38.9 Å². The smallest absolute Gasteiger partial charge is 0.246 e. The van der Waals surface area contributed by atoms with Gasteiger partial charge >= 0.3 is 0 Å². The second kappa shape index (κ2) is 7.35. The molecule has 0 saturated carbocycles. The van der Waals surface area contributed by atoms with Crippen molar-refractivity contribution in [2.75, 3.05) is 46.3 Å². The Bertz CT molecular complexity index is 535. The molecule has 1 fully saturated rings. The number of nitrogens with zero attached hydrogens (tertiary/aromatic N) is 4. The van der Waals surface area contributed by atoms with Crippen molar-refractivity contribution in [3.05, 3.63) is 12.4 Å². The molecule has 7 nitrogen and oxygen atoms in total. The molecule has 0 atom stereocenters. The van der Waals surface area contributed by atoms with E-state index in [1.54, 1.807) is 15.2 Å². The minimum atomic E-state index is -3.39. The van der Waals surface area contributed by atoms with Crippen LogP contribution < -0.4 is 5.32 Å². The van der Waals surface area contributed by atoms with Gasteiger partial charge in [-0.2, -0.15) is 9.40 Å². The first-order chi connectivity index (χ1) is 10.0. The van der Waals surface area contributed by atoms with Gasteiger partial charge in [-0.05, 0) is 26.6 Å². The summed E-state index contributed by atoms with van der Waals surface area (Å²) in [5.41, 5.74) is 0. The fraction of sp³-hybridized carbons (Fsp3) is 0.769. The fourth-order valence-corrected chi connectivity index (χ4v) is 3.70. The third-order valence-corrected chi connectivity index (χ3v) is 5.55. The van der Waals surface area contributed by atoms with Gasteiger partial charge in [0.25, 0.3) is 0 Å². The number of hydrogen-bond acceptors (Lipinski definition) is 5. The zero-order valence-electron chi connectivity index (χ0n) is 12.8. The maximum absolute atomic E-state index is 12.5. The molecule has 0 aliphatic carbocycles. The fourth-order valence-electron chi connectivity index (χ4n) is 2.32. The number of hydrogen-bond donors (Lipinski definition) is 1. The highest BCUT2D eigenvalue weighted by molar-refractivity contribution is 7.89. The second-order valence-corrected chi connectivity index (χ2v) is 7.29. The van der Waals surface area contributed by atoms with E-state index in [2.05, 4.69) is 22.2 Å². The first kappa shape index (κ1) is 16.4. The predicted molar refractivity (Wildman–Crippen MR) is 81.6 cm³/mol. The van der Waals surface area contributed by atoms with E-state index >= 15 is 0 Å². The number of aromatic nitrogens is 2. The minimum absolute atomic E-state index is 0.301. The molecular formula is C13H25N5O2S. The Morgan fingerprint density at radius 3 is 2.67 bits per heavy atom. The largest absolute Gasteiger partial charge is 0.317 e. The molecule has 120 valence electrons. The Morgan fingerprint density at radius 1 is 1.29 bits per heavy atom. The van der Waals surface area contributed by atoms with Crippen LogP contribution >= 0.6 is 0 Å². The predicted octanol–water partition coefficient (Wildman–Crippen LogP) is -0.181. The highest BCUT2D eigenvalue weighted by Crippen LogP contribution is 2.16. The molecule has 0 unspecified atom stereocenters. The molecule has 0 bridgehead atoms. The third-order valence-electron chi connectivity index (χ3n) is 3.70. The van der Waals surface area contributed by atoms with E-state index in [0.29, 0.717) is 18.0 Å². The van der Waals surface area contributed by atoms with E-state index in [4.69, 9.17) is 0 Å². The van der Waals surface area contributed by atoms with Gasteiger partial charge in [-0.15, -0.1) is 0 Å². The molecule has 1 aliphatic rings. The van der Waals surface area contributed by atoms with Crippen LogP contribution in [0, 0.1) is 0 Å². The number of sulfonamides is 1. The third kappa shape index (κ3) is 4.26. The zero-order valence-corrected chi connectivity index (χ0v) is 13.6. The maximum Gasteiger partial charge on any atom is 0.246 e. The van der Waals surface area contributed by atoms with Gasteiger partial charge in [-0.25, -0.2) is 8.42 Å². The van der Waals surface area contributed by atoms with Gasteiger partial charge in [0.15, 0.2) is 0 Å². The van der Waals surface area contributed by atoms with Gasteiger partial charge in [0.1, 0.15) is 4.90 Å². The Hall–Kier alpha value is -0.960. The van der Waals surface area contributed by atoms with Crippen molar-refractivity contribution in [1.29, 1.82) is 0 Å². The molecule has 2 heterocycles. The van der Waals surface area contributed by atoms with Crippen LogP contribution in [0.4, 0.5) is 0 Å². The Morgan fingerprint density at radius 2 is 2.00 bits per heavy atom. The van der Waals surface area contributed by atoms with E-state index in [1.807, 2.05) is 7.05 Å². The molecule has 1 aliphatic heterocycles. The molecule has 1 saturated heterocycles. The zero-order chi connectivity index (χ0) is 15.3. The number of rotatable bonds is 7. The van der Waals surface area contributed by atoms with Crippen LogP contribution in [0.2, 0.25) is 0 Å². The lowest BCUT2D eigenvalue weighted by molar-refractivity contribution is 0.222. The van der Waals surface area contributed by atoms with Crippen LogP contribution in [0.25, 0.3) is 0 Å². The normalized spacial score (nSPS) is 18.2. The maximum atomic E-state index is 12.5. The summed E-state index contributed by atoms with van der Waals surface area (Å²) >= 11 is 0. The summed E-state index contributed by atoms with van der Waals surface area (Å²) < 4.78 is 28.3. The van der Waals surface area contributed by atoms with E-state index < -0.39 is 10.0 Å².